The average molecular weight is 206 g/mol. The lowest BCUT2D eigenvalue weighted by Crippen LogP contribution is -2.04. The standard InChI is InChI=1S/C12H14O3/c1-9(2)8-15-11-5-3-10(4-6-11)12(14)7-13/h3-6,13H,1,7-8H2,2H3. The number of Topliss-reactive ketones (excluding diaryl/α,β-unsaturated/α-hetero) is 1. The van der Waals surface area contributed by atoms with Gasteiger partial charge in [-0.3, -0.25) is 4.79 Å². The Bertz CT molecular complexity index is 352. The predicted molar refractivity (Wildman–Crippen MR) is 58.2 cm³/mol. The third-order valence-corrected chi connectivity index (χ3v) is 1.81. The Morgan fingerprint density at radius 2 is 2.00 bits per heavy atom. The largest absolute Gasteiger partial charge is 0.489 e. The number of carbonyl (C=O) groups is 1. The molecule has 0 saturated heterocycles. The number of hydrogen-bond donors (Lipinski definition) is 1. The van der Waals surface area contributed by atoms with E-state index in [0.29, 0.717) is 17.9 Å². The van der Waals surface area contributed by atoms with Crippen LogP contribution in [0.15, 0.2) is 36.4 Å². The minimum absolute atomic E-state index is 0.290. The molecule has 80 valence electrons. The maximum atomic E-state index is 11.1. The fourth-order valence-corrected chi connectivity index (χ4v) is 1.03. The second-order valence-electron chi connectivity index (χ2n) is 3.35. The highest BCUT2D eigenvalue weighted by atomic mass is 16.5. The van der Waals surface area contributed by atoms with Crippen LogP contribution in [0, 0.1) is 0 Å². The Morgan fingerprint density at radius 3 is 2.47 bits per heavy atom. The van der Waals surface area contributed by atoms with Gasteiger partial charge in [-0.05, 0) is 36.8 Å². The van der Waals surface area contributed by atoms with Gasteiger partial charge in [0.05, 0.1) is 0 Å². The first-order valence-corrected chi connectivity index (χ1v) is 4.65. The average Bonchev–Trinajstić information content (AvgIpc) is 2.26. The number of aliphatic hydroxyl groups is 1. The molecular weight excluding hydrogens is 192 g/mol. The van der Waals surface area contributed by atoms with Gasteiger partial charge in [-0.1, -0.05) is 6.58 Å². The molecule has 0 amide bonds. The van der Waals surface area contributed by atoms with Gasteiger partial charge in [0, 0.05) is 5.56 Å². The highest BCUT2D eigenvalue weighted by Gasteiger charge is 2.03. The van der Waals surface area contributed by atoms with E-state index in [4.69, 9.17) is 9.84 Å². The van der Waals surface area contributed by atoms with Crippen molar-refractivity contribution in [3.63, 3.8) is 0 Å². The summed E-state index contributed by atoms with van der Waals surface area (Å²) in [4.78, 5) is 11.1. The first-order valence-electron chi connectivity index (χ1n) is 4.65. The van der Waals surface area contributed by atoms with Crippen molar-refractivity contribution < 1.29 is 14.6 Å². The summed E-state index contributed by atoms with van der Waals surface area (Å²) in [7, 11) is 0. The normalized spacial score (nSPS) is 9.73. The number of ketones is 1. The summed E-state index contributed by atoms with van der Waals surface area (Å²) in [6, 6.07) is 6.66. The van der Waals surface area contributed by atoms with Crippen LogP contribution < -0.4 is 4.74 Å². The number of hydrogen-bond acceptors (Lipinski definition) is 3. The second-order valence-corrected chi connectivity index (χ2v) is 3.35. The molecule has 1 aromatic carbocycles. The fourth-order valence-electron chi connectivity index (χ4n) is 1.03. The molecule has 0 atom stereocenters. The molecule has 3 heteroatoms. The summed E-state index contributed by atoms with van der Waals surface area (Å²) in [6.45, 7) is 5.59. The van der Waals surface area contributed by atoms with Gasteiger partial charge >= 0.3 is 0 Å². The third kappa shape index (κ3) is 3.56. The lowest BCUT2D eigenvalue weighted by molar-refractivity contribution is 0.0903. The molecule has 1 N–H and O–H groups in total. The molecule has 0 saturated carbocycles. The van der Waals surface area contributed by atoms with E-state index in [-0.39, 0.29) is 5.78 Å². The number of benzene rings is 1. The Morgan fingerprint density at radius 1 is 1.40 bits per heavy atom. The number of aliphatic hydroxyl groups excluding tert-OH is 1. The van der Waals surface area contributed by atoms with E-state index >= 15 is 0 Å². The minimum Gasteiger partial charge on any atom is -0.489 e. The Labute approximate surface area is 89.0 Å². The molecule has 0 bridgehead atoms. The minimum atomic E-state index is -0.466. The van der Waals surface area contributed by atoms with E-state index in [1.54, 1.807) is 24.3 Å². The van der Waals surface area contributed by atoms with Crippen molar-refractivity contribution >= 4 is 5.78 Å². The second kappa shape index (κ2) is 5.32. The SMILES string of the molecule is C=C(C)COc1ccc(C(=O)CO)cc1. The van der Waals surface area contributed by atoms with E-state index in [2.05, 4.69) is 6.58 Å². The van der Waals surface area contributed by atoms with Crippen LogP contribution in [-0.4, -0.2) is 24.1 Å². The lowest BCUT2D eigenvalue weighted by atomic mass is 10.1. The van der Waals surface area contributed by atoms with Gasteiger partial charge in [-0.15, -0.1) is 0 Å². The van der Waals surface area contributed by atoms with Crippen LogP contribution in [0.1, 0.15) is 17.3 Å². The van der Waals surface area contributed by atoms with Crippen LogP contribution in [0.3, 0.4) is 0 Å². The van der Waals surface area contributed by atoms with Gasteiger partial charge in [0.1, 0.15) is 19.0 Å². The van der Waals surface area contributed by atoms with Gasteiger partial charge in [0.15, 0.2) is 5.78 Å². The van der Waals surface area contributed by atoms with Crippen LogP contribution in [-0.2, 0) is 0 Å². The molecule has 0 fully saturated rings. The molecule has 1 aromatic rings. The Balaban J connectivity index is 2.64. The summed E-state index contributed by atoms with van der Waals surface area (Å²) in [5, 5.41) is 8.64. The molecule has 0 heterocycles. The van der Waals surface area contributed by atoms with Gasteiger partial charge in [-0.2, -0.15) is 0 Å². The van der Waals surface area contributed by atoms with Gasteiger partial charge in [0.25, 0.3) is 0 Å². The summed E-state index contributed by atoms with van der Waals surface area (Å²) >= 11 is 0. The number of ether oxygens (including phenoxy) is 1. The molecule has 15 heavy (non-hydrogen) atoms. The Kier molecular flexibility index (Phi) is 4.06. The van der Waals surface area contributed by atoms with E-state index in [9.17, 15) is 4.79 Å². The monoisotopic (exact) mass is 206 g/mol. The van der Waals surface area contributed by atoms with E-state index in [1.807, 2.05) is 6.92 Å². The lowest BCUT2D eigenvalue weighted by Gasteiger charge is -2.05. The molecule has 0 aliphatic rings. The zero-order valence-electron chi connectivity index (χ0n) is 8.69. The maximum absolute atomic E-state index is 11.1. The van der Waals surface area contributed by atoms with Crippen LogP contribution in [0.5, 0.6) is 5.75 Å². The molecule has 0 spiro atoms. The van der Waals surface area contributed by atoms with Crippen molar-refractivity contribution in [2.75, 3.05) is 13.2 Å². The first kappa shape index (κ1) is 11.5. The van der Waals surface area contributed by atoms with Crippen molar-refractivity contribution in [1.82, 2.24) is 0 Å². The molecular formula is C12H14O3. The van der Waals surface area contributed by atoms with Crippen LogP contribution in [0.4, 0.5) is 0 Å². The van der Waals surface area contributed by atoms with Crippen molar-refractivity contribution in [2.24, 2.45) is 0 Å². The van der Waals surface area contributed by atoms with Crippen molar-refractivity contribution in [3.8, 4) is 5.75 Å². The quantitative estimate of drug-likeness (QED) is 0.590. The molecule has 0 aromatic heterocycles. The van der Waals surface area contributed by atoms with Gasteiger partial charge < -0.3 is 9.84 Å². The zero-order chi connectivity index (χ0) is 11.3. The van der Waals surface area contributed by atoms with Gasteiger partial charge in [-0.25, -0.2) is 0 Å². The van der Waals surface area contributed by atoms with Crippen molar-refractivity contribution in [2.45, 2.75) is 6.92 Å². The van der Waals surface area contributed by atoms with E-state index in [1.165, 1.54) is 0 Å². The smallest absolute Gasteiger partial charge is 0.188 e. The Hall–Kier alpha value is -1.61. The summed E-state index contributed by atoms with van der Waals surface area (Å²) < 4.78 is 5.36. The summed E-state index contributed by atoms with van der Waals surface area (Å²) in [6.07, 6.45) is 0. The first-order chi connectivity index (χ1) is 7.13. The van der Waals surface area contributed by atoms with Crippen LogP contribution in [0.25, 0.3) is 0 Å². The molecule has 1 rings (SSSR count). The zero-order valence-corrected chi connectivity index (χ0v) is 8.69. The molecule has 0 unspecified atom stereocenters. The molecule has 0 radical (unpaired) electrons. The fraction of sp³-hybridized carbons (Fsp3) is 0.250. The van der Waals surface area contributed by atoms with Gasteiger partial charge in [0.2, 0.25) is 0 Å². The maximum Gasteiger partial charge on any atom is 0.188 e. The third-order valence-electron chi connectivity index (χ3n) is 1.81. The van der Waals surface area contributed by atoms with E-state index in [0.717, 1.165) is 5.57 Å². The molecule has 0 aliphatic heterocycles. The predicted octanol–water partition coefficient (Wildman–Crippen LogP) is 1.82. The molecule has 3 nitrogen and oxygen atoms in total. The summed E-state index contributed by atoms with van der Waals surface area (Å²) in [5.41, 5.74) is 1.42. The summed E-state index contributed by atoms with van der Waals surface area (Å²) in [5.74, 6) is 0.397. The van der Waals surface area contributed by atoms with Crippen molar-refractivity contribution in [1.29, 1.82) is 0 Å². The highest BCUT2D eigenvalue weighted by molar-refractivity contribution is 5.96. The number of rotatable bonds is 5. The van der Waals surface area contributed by atoms with Crippen molar-refractivity contribution in [3.05, 3.63) is 42.0 Å². The van der Waals surface area contributed by atoms with Crippen LogP contribution in [0.2, 0.25) is 0 Å². The number of carbonyl (C=O) groups excluding carboxylic acids is 1. The topological polar surface area (TPSA) is 46.5 Å². The van der Waals surface area contributed by atoms with Crippen LogP contribution >= 0.6 is 0 Å². The molecule has 0 aliphatic carbocycles. The highest BCUT2D eigenvalue weighted by Crippen LogP contribution is 2.13. The van der Waals surface area contributed by atoms with E-state index < -0.39 is 6.61 Å².